The van der Waals surface area contributed by atoms with Crippen LogP contribution >= 0.6 is 0 Å². The fraction of sp³-hybridized carbons (Fsp3) is 0. The van der Waals surface area contributed by atoms with Crippen LogP contribution in [0.15, 0.2) is 340 Å². The van der Waals surface area contributed by atoms with E-state index in [1.807, 2.05) is 18.2 Å². The molecule has 0 saturated heterocycles. The van der Waals surface area contributed by atoms with Crippen LogP contribution in [0.3, 0.4) is 0 Å². The standard InChI is InChI=1S/C78H56N2Si2/c1-9-30-57(31-10-1)69-55-66(81(60-34-13-3-14-35-60,61-36-15-4-16-37-61)62-38-17-5-18-39-62)56-70(58-32-11-2-12-33-58)78(69)80-72-48-27-25-46-67(72)71-54-59(52-53-74(71)80)79-73-49-28-26-47-68(73)77-75(79)50-29-51-76(77)82(63-40-19-6-20-41-63,64-42-21-7-22-43-64)65-44-23-8-24-45-65/h1-56H/i1D,9D,10D,30D,31D. The smallest absolute Gasteiger partial charge is 0.180 e. The minimum atomic E-state index is -3.34. The van der Waals surface area contributed by atoms with Gasteiger partial charge in [-0.05, 0) is 89.0 Å². The van der Waals surface area contributed by atoms with Gasteiger partial charge in [-0.15, -0.1) is 0 Å². The second-order valence-corrected chi connectivity index (χ2v) is 28.7. The van der Waals surface area contributed by atoms with Crippen molar-refractivity contribution >= 4 is 101 Å². The minimum absolute atomic E-state index is 0.136. The molecule has 2 nitrogen and oxygen atoms in total. The highest BCUT2D eigenvalue weighted by Crippen LogP contribution is 2.43. The van der Waals surface area contributed by atoms with E-state index >= 15 is 0 Å². The molecule has 2 aromatic heterocycles. The van der Waals surface area contributed by atoms with Crippen LogP contribution in [-0.4, -0.2) is 25.3 Å². The predicted molar refractivity (Wildman–Crippen MR) is 353 cm³/mol. The first kappa shape index (κ1) is 43.7. The molecule has 0 amide bonds. The van der Waals surface area contributed by atoms with Crippen LogP contribution in [0.1, 0.15) is 6.85 Å². The molecule has 0 unspecified atom stereocenters. The molecule has 0 radical (unpaired) electrons. The van der Waals surface area contributed by atoms with E-state index in [9.17, 15) is 5.48 Å². The highest BCUT2D eigenvalue weighted by molar-refractivity contribution is 7.21. The van der Waals surface area contributed by atoms with Crippen LogP contribution in [-0.2, 0) is 0 Å². The Morgan fingerprint density at radius 1 is 0.268 bits per heavy atom. The maximum absolute atomic E-state index is 9.88. The minimum Gasteiger partial charge on any atom is -0.309 e. The van der Waals surface area contributed by atoms with Crippen molar-refractivity contribution in [2.45, 2.75) is 0 Å². The molecule has 0 spiro atoms. The highest BCUT2D eigenvalue weighted by atomic mass is 28.3. The zero-order valence-corrected chi connectivity index (χ0v) is 46.8. The average Bonchev–Trinajstić information content (AvgIpc) is 1.82. The van der Waals surface area contributed by atoms with Crippen LogP contribution in [0.2, 0.25) is 0 Å². The normalized spacial score (nSPS) is 12.8. The zero-order chi connectivity index (χ0) is 58.8. The van der Waals surface area contributed by atoms with Crippen molar-refractivity contribution < 1.29 is 6.85 Å². The van der Waals surface area contributed by atoms with E-state index in [2.05, 4.69) is 300 Å². The lowest BCUT2D eigenvalue weighted by Gasteiger charge is -2.36. The second-order valence-electron chi connectivity index (χ2n) is 21.1. The van der Waals surface area contributed by atoms with Crippen LogP contribution in [0.5, 0.6) is 0 Å². The fourth-order valence-electron chi connectivity index (χ4n) is 13.6. The molecule has 0 N–H and O–H groups in total. The second kappa shape index (κ2) is 20.5. The third-order valence-corrected chi connectivity index (χ3v) is 26.5. The Labute approximate surface area is 487 Å². The Kier molecular flexibility index (Phi) is 10.9. The number of para-hydroxylation sites is 2. The van der Waals surface area contributed by atoms with Crippen LogP contribution < -0.4 is 41.5 Å². The van der Waals surface area contributed by atoms with E-state index in [1.54, 1.807) is 0 Å². The van der Waals surface area contributed by atoms with Gasteiger partial charge in [-0.1, -0.05) is 303 Å². The largest absolute Gasteiger partial charge is 0.309 e. The van der Waals surface area contributed by atoms with Gasteiger partial charge < -0.3 is 9.13 Å². The van der Waals surface area contributed by atoms with Gasteiger partial charge in [0.15, 0.2) is 16.1 Å². The molecule has 0 saturated carbocycles. The maximum Gasteiger partial charge on any atom is 0.180 e. The van der Waals surface area contributed by atoms with E-state index < -0.39 is 34.3 Å². The first-order valence-corrected chi connectivity index (χ1v) is 32.0. The summed E-state index contributed by atoms with van der Waals surface area (Å²) in [5.74, 6) is 0. The average molecular weight is 1080 g/mol. The lowest BCUT2D eigenvalue weighted by molar-refractivity contribution is 1.17. The Morgan fingerprint density at radius 3 is 1.18 bits per heavy atom. The monoisotopic (exact) mass is 1080 g/mol. The lowest BCUT2D eigenvalue weighted by Crippen LogP contribution is -2.74. The molecular formula is C78H56N2Si2. The zero-order valence-electron chi connectivity index (χ0n) is 49.8. The van der Waals surface area contributed by atoms with Crippen molar-refractivity contribution in [1.29, 1.82) is 0 Å². The summed E-state index contributed by atoms with van der Waals surface area (Å²) in [6, 6.07) is 110. The van der Waals surface area contributed by atoms with Crippen LogP contribution in [0, 0.1) is 0 Å². The summed E-state index contributed by atoms with van der Waals surface area (Å²) in [7, 11) is -6.35. The summed E-state index contributed by atoms with van der Waals surface area (Å²) in [6.07, 6.45) is 0. The van der Waals surface area contributed by atoms with Gasteiger partial charge in [0.2, 0.25) is 0 Å². The molecule has 4 heteroatoms. The quantitative estimate of drug-likeness (QED) is 0.0852. The summed E-state index contributed by atoms with van der Waals surface area (Å²) >= 11 is 0. The molecule has 0 aliphatic heterocycles. The Hall–Kier alpha value is -10.1. The third-order valence-electron chi connectivity index (χ3n) is 16.9. The highest BCUT2D eigenvalue weighted by Gasteiger charge is 2.44. The van der Waals surface area contributed by atoms with Gasteiger partial charge in [-0.25, -0.2) is 0 Å². The third kappa shape index (κ3) is 7.75. The molecule has 386 valence electrons. The topological polar surface area (TPSA) is 9.86 Å². The van der Waals surface area contributed by atoms with Gasteiger partial charge in [-0.2, -0.15) is 0 Å². The van der Waals surface area contributed by atoms with Gasteiger partial charge in [0.1, 0.15) is 0 Å². The summed E-state index contributed by atoms with van der Waals surface area (Å²) in [4.78, 5) is 0. The van der Waals surface area contributed by atoms with Gasteiger partial charge in [0, 0.05) is 38.4 Å². The van der Waals surface area contributed by atoms with E-state index in [4.69, 9.17) is 1.37 Å². The number of hydrogen-bond acceptors (Lipinski definition) is 0. The summed E-state index contributed by atoms with van der Waals surface area (Å²) in [6.45, 7) is 0. The van der Waals surface area contributed by atoms with E-state index in [0.29, 0.717) is 11.3 Å². The number of rotatable bonds is 12. The summed E-state index contributed by atoms with van der Waals surface area (Å²) in [5.41, 5.74) is 8.17. The van der Waals surface area contributed by atoms with Gasteiger partial charge in [0.25, 0.3) is 0 Å². The molecule has 82 heavy (non-hydrogen) atoms. The fourth-order valence-corrected chi connectivity index (χ4v) is 23.3. The van der Waals surface area contributed by atoms with Crippen molar-refractivity contribution in [2.75, 3.05) is 0 Å². The van der Waals surface area contributed by atoms with Gasteiger partial charge in [-0.3, -0.25) is 0 Å². The molecule has 0 fully saturated rings. The van der Waals surface area contributed by atoms with Crippen LogP contribution in [0.4, 0.5) is 0 Å². The molecule has 15 rings (SSSR count). The molecule has 15 aromatic rings. The SMILES string of the molecule is [2H]c1c([2H])c([2H])c(-c2cc([Si](c3ccccc3)(c3ccccc3)c3ccccc3)cc(-c3ccccc3)c2-n2c3ccccc3c3cc(-n4c5ccccc5c5c([Si](c6ccccc6)(c6ccccc6)c6ccccc6)cccc54)ccc32)c([2H])c1[2H]. The Bertz CT molecular complexity index is 4860. The lowest BCUT2D eigenvalue weighted by atomic mass is 9.95. The van der Waals surface area contributed by atoms with E-state index in [-0.39, 0.29) is 17.6 Å². The predicted octanol–water partition coefficient (Wildman–Crippen LogP) is 14.0. The molecule has 0 aliphatic rings. The van der Waals surface area contributed by atoms with Crippen molar-refractivity contribution in [2.24, 2.45) is 0 Å². The summed E-state index contributed by atoms with van der Waals surface area (Å²) < 4.78 is 51.9. The van der Waals surface area contributed by atoms with Crippen molar-refractivity contribution in [3.05, 3.63) is 340 Å². The molecule has 0 atom stereocenters. The maximum atomic E-state index is 9.88. The van der Waals surface area contributed by atoms with E-state index in [1.165, 1.54) is 31.5 Å². The molecule has 2 heterocycles. The number of aromatic nitrogens is 2. The van der Waals surface area contributed by atoms with E-state index in [0.717, 1.165) is 70.4 Å². The molecule has 0 aliphatic carbocycles. The number of benzene rings is 13. The Balaban J connectivity index is 1.06. The number of fused-ring (bicyclic) bond motifs is 6. The van der Waals surface area contributed by atoms with Crippen molar-refractivity contribution in [3.8, 4) is 33.6 Å². The number of hydrogen-bond donors (Lipinski definition) is 0. The molecule has 0 bridgehead atoms. The van der Waals surface area contributed by atoms with Gasteiger partial charge >= 0.3 is 0 Å². The number of nitrogens with zero attached hydrogens (tertiary/aromatic N) is 2. The first-order valence-electron chi connectivity index (χ1n) is 30.5. The van der Waals surface area contributed by atoms with Crippen LogP contribution in [0.25, 0.3) is 77.2 Å². The first-order chi connectivity index (χ1) is 42.8. The van der Waals surface area contributed by atoms with Crippen molar-refractivity contribution in [3.63, 3.8) is 0 Å². The van der Waals surface area contributed by atoms with Crippen molar-refractivity contribution in [1.82, 2.24) is 9.13 Å². The van der Waals surface area contributed by atoms with Gasteiger partial charge in [0.05, 0.1) is 34.6 Å². The molecular weight excluding hydrogens is 1020 g/mol. The Morgan fingerprint density at radius 2 is 0.671 bits per heavy atom. The summed E-state index contributed by atoms with van der Waals surface area (Å²) in [5, 5.41) is 14.1. The molecule has 13 aromatic carbocycles.